The highest BCUT2D eigenvalue weighted by Gasteiger charge is 2.42. The van der Waals surface area contributed by atoms with Gasteiger partial charge < -0.3 is 0 Å². The van der Waals surface area contributed by atoms with Crippen molar-refractivity contribution in [3.63, 3.8) is 0 Å². The van der Waals surface area contributed by atoms with E-state index in [1.165, 1.54) is 83.4 Å². The Hall–Kier alpha value is -4.56. The maximum Gasteiger partial charge on any atom is 0.285 e. The summed E-state index contributed by atoms with van der Waals surface area (Å²) in [4.78, 5) is 0. The summed E-state index contributed by atoms with van der Waals surface area (Å²) in [6, 6.07) is 34.1. The highest BCUT2D eigenvalue weighted by atomic mass is 15.4. The van der Waals surface area contributed by atoms with Gasteiger partial charge in [-0.2, -0.15) is 0 Å². The average molecular weight is 589 g/mol. The van der Waals surface area contributed by atoms with E-state index in [4.69, 9.17) is 0 Å². The first kappa shape index (κ1) is 29.2. The monoisotopic (exact) mass is 588 g/mol. The molecule has 1 aliphatic rings. The van der Waals surface area contributed by atoms with Gasteiger partial charge >= 0.3 is 0 Å². The third kappa shape index (κ3) is 4.53. The van der Waals surface area contributed by atoms with E-state index in [0.717, 1.165) is 0 Å². The van der Waals surface area contributed by atoms with Crippen LogP contribution >= 0.6 is 0 Å². The van der Waals surface area contributed by atoms with Gasteiger partial charge in [-0.25, -0.2) is 0 Å². The van der Waals surface area contributed by atoms with E-state index in [0.29, 0.717) is 0 Å². The summed E-state index contributed by atoms with van der Waals surface area (Å²) >= 11 is 0. The second kappa shape index (κ2) is 10.2. The fourth-order valence-electron chi connectivity index (χ4n) is 7.81. The number of nitrogens with zero attached hydrogens (tertiary/aromatic N) is 2. The van der Waals surface area contributed by atoms with Crippen LogP contribution < -0.4 is 9.35 Å². The smallest absolute Gasteiger partial charge is 0.0617 e. The minimum absolute atomic E-state index is 0.0823. The van der Waals surface area contributed by atoms with Crippen LogP contribution in [-0.2, 0) is 10.8 Å². The maximum absolute atomic E-state index is 2.43. The minimum Gasteiger partial charge on any atom is -0.0617 e. The molecule has 2 heteroatoms. The SMILES string of the molecule is Cc1cccc(C)c1-c1cc[n+](-[n+]2ccc(C(C)(C)C)cc2C)c(-c2c(C)ccc3c2C(C)(C)c2c-3ccc3ccccc23)c1. The minimum atomic E-state index is -0.185. The Kier molecular flexibility index (Phi) is 6.64. The second-order valence-corrected chi connectivity index (χ2v) is 14.6. The van der Waals surface area contributed by atoms with Crippen LogP contribution in [0.3, 0.4) is 0 Å². The van der Waals surface area contributed by atoms with Gasteiger partial charge in [0.05, 0.1) is 14.9 Å². The molecule has 0 fully saturated rings. The van der Waals surface area contributed by atoms with Crippen molar-refractivity contribution in [1.29, 1.82) is 0 Å². The molecule has 4 aromatic carbocycles. The Morgan fingerprint density at radius 1 is 0.578 bits per heavy atom. The van der Waals surface area contributed by atoms with Crippen LogP contribution in [-0.4, -0.2) is 0 Å². The molecular weight excluding hydrogens is 544 g/mol. The van der Waals surface area contributed by atoms with E-state index in [1.54, 1.807) is 0 Å². The zero-order valence-corrected chi connectivity index (χ0v) is 28.2. The average Bonchev–Trinajstić information content (AvgIpc) is 3.23. The van der Waals surface area contributed by atoms with Crippen molar-refractivity contribution in [1.82, 2.24) is 0 Å². The van der Waals surface area contributed by atoms with E-state index in [2.05, 4.69) is 175 Å². The molecule has 224 valence electrons. The number of benzene rings is 4. The zero-order chi connectivity index (χ0) is 31.8. The van der Waals surface area contributed by atoms with E-state index in [1.807, 2.05) is 0 Å². The molecule has 6 aromatic rings. The summed E-state index contributed by atoms with van der Waals surface area (Å²) in [5.41, 5.74) is 16.9. The largest absolute Gasteiger partial charge is 0.285 e. The van der Waals surface area contributed by atoms with E-state index >= 15 is 0 Å². The van der Waals surface area contributed by atoms with Crippen molar-refractivity contribution >= 4 is 10.8 Å². The van der Waals surface area contributed by atoms with Crippen LogP contribution in [0, 0.1) is 27.7 Å². The lowest BCUT2D eigenvalue weighted by molar-refractivity contribution is -1.29. The lowest BCUT2D eigenvalue weighted by Crippen LogP contribution is -2.68. The first-order valence-electron chi connectivity index (χ1n) is 16.2. The van der Waals surface area contributed by atoms with Gasteiger partial charge in [0.2, 0.25) is 12.4 Å². The van der Waals surface area contributed by atoms with Crippen molar-refractivity contribution < 1.29 is 9.35 Å². The Morgan fingerprint density at radius 2 is 1.22 bits per heavy atom. The maximum atomic E-state index is 2.43. The molecule has 0 unspecified atom stereocenters. The summed E-state index contributed by atoms with van der Waals surface area (Å²) in [5.74, 6) is 0. The number of aromatic nitrogens is 2. The van der Waals surface area contributed by atoms with Crippen molar-refractivity contribution in [2.24, 2.45) is 0 Å². The van der Waals surface area contributed by atoms with Crippen LogP contribution in [0.25, 0.3) is 44.3 Å². The van der Waals surface area contributed by atoms with E-state index in [-0.39, 0.29) is 10.8 Å². The zero-order valence-electron chi connectivity index (χ0n) is 28.2. The quantitative estimate of drug-likeness (QED) is 0.182. The Bertz CT molecular complexity index is 2140. The molecule has 0 bridgehead atoms. The van der Waals surface area contributed by atoms with Gasteiger partial charge in [0.1, 0.15) is 0 Å². The lowest BCUT2D eigenvalue weighted by atomic mass is 9.77. The highest BCUT2D eigenvalue weighted by Crippen LogP contribution is 2.54. The fraction of sp³-hybridized carbons (Fsp3) is 0.256. The molecule has 0 spiro atoms. The van der Waals surface area contributed by atoms with Gasteiger partial charge in [-0.1, -0.05) is 101 Å². The van der Waals surface area contributed by atoms with Gasteiger partial charge in [-0.3, -0.25) is 0 Å². The molecule has 0 amide bonds. The first-order valence-corrected chi connectivity index (χ1v) is 16.2. The van der Waals surface area contributed by atoms with E-state index in [9.17, 15) is 0 Å². The number of hydrogen-bond acceptors (Lipinski definition) is 0. The first-order chi connectivity index (χ1) is 21.4. The van der Waals surface area contributed by atoms with Gasteiger partial charge in [0, 0.05) is 36.6 Å². The number of hydrogen-bond donors (Lipinski definition) is 0. The van der Waals surface area contributed by atoms with Crippen LogP contribution in [0.15, 0.2) is 103 Å². The summed E-state index contributed by atoms with van der Waals surface area (Å²) in [5, 5.41) is 2.65. The predicted octanol–water partition coefficient (Wildman–Crippen LogP) is 9.90. The van der Waals surface area contributed by atoms with Crippen LogP contribution in [0.1, 0.15) is 73.7 Å². The van der Waals surface area contributed by atoms with Crippen molar-refractivity contribution in [3.05, 3.63) is 142 Å². The Morgan fingerprint density at radius 3 is 1.93 bits per heavy atom. The molecule has 0 aliphatic heterocycles. The predicted molar refractivity (Wildman–Crippen MR) is 188 cm³/mol. The molecular formula is C43H44N2+2. The lowest BCUT2D eigenvalue weighted by Gasteiger charge is -2.25. The third-order valence-corrected chi connectivity index (χ3v) is 10.1. The van der Waals surface area contributed by atoms with Gasteiger partial charge in [-0.05, 0) is 92.6 Å². The molecule has 0 saturated heterocycles. The van der Waals surface area contributed by atoms with Crippen LogP contribution in [0.2, 0.25) is 0 Å². The molecule has 7 rings (SSSR count). The standard InChI is InChI=1S/C43H44N2/c1-27-13-12-14-28(2)38(27)32-21-23-45(44-24-22-33(25-30(44)4)42(5,6)7)37(26-32)39-29(3)17-19-36-35-20-18-31-15-10-11-16-34(31)40(35)43(8,9)41(36)39/h10-26H,1-9H3/q+2. The molecule has 2 aromatic heterocycles. The molecule has 2 nitrogen and oxygen atoms in total. The summed E-state index contributed by atoms with van der Waals surface area (Å²) in [6.45, 7) is 20.6. The Labute approximate surface area is 268 Å². The topological polar surface area (TPSA) is 7.76 Å². The molecule has 2 heterocycles. The molecule has 0 saturated carbocycles. The summed E-state index contributed by atoms with van der Waals surface area (Å²) < 4.78 is 4.67. The molecule has 0 atom stereocenters. The summed E-state index contributed by atoms with van der Waals surface area (Å²) in [6.07, 6.45) is 4.51. The fourth-order valence-corrected chi connectivity index (χ4v) is 7.81. The van der Waals surface area contributed by atoms with Gasteiger partial charge in [-0.15, -0.1) is 0 Å². The molecule has 1 aliphatic carbocycles. The highest BCUT2D eigenvalue weighted by molar-refractivity contribution is 5.99. The van der Waals surface area contributed by atoms with Crippen LogP contribution in [0.4, 0.5) is 0 Å². The van der Waals surface area contributed by atoms with Crippen LogP contribution in [0.5, 0.6) is 0 Å². The van der Waals surface area contributed by atoms with E-state index < -0.39 is 0 Å². The number of aryl methyl sites for hydroxylation is 4. The molecule has 0 radical (unpaired) electrons. The third-order valence-electron chi connectivity index (χ3n) is 10.1. The van der Waals surface area contributed by atoms with Crippen molar-refractivity contribution in [2.75, 3.05) is 0 Å². The normalized spacial score (nSPS) is 13.6. The molecule has 45 heavy (non-hydrogen) atoms. The number of fused-ring (bicyclic) bond motifs is 5. The van der Waals surface area contributed by atoms with Crippen molar-refractivity contribution in [2.45, 2.75) is 73.1 Å². The Balaban J connectivity index is 1.56. The van der Waals surface area contributed by atoms with Gasteiger partial charge in [0.25, 0.3) is 11.4 Å². The molecule has 0 N–H and O–H groups in total. The second-order valence-electron chi connectivity index (χ2n) is 14.6. The summed E-state index contributed by atoms with van der Waals surface area (Å²) in [7, 11) is 0. The number of rotatable bonds is 3. The van der Waals surface area contributed by atoms with Crippen molar-refractivity contribution in [3.8, 4) is 33.5 Å². The number of pyridine rings is 2. The van der Waals surface area contributed by atoms with Gasteiger partial charge in [0.15, 0.2) is 0 Å².